The number of aromatic nitrogens is 3. The van der Waals surface area contributed by atoms with E-state index in [2.05, 4.69) is 15.4 Å². The number of anilines is 1. The van der Waals surface area contributed by atoms with Crippen molar-refractivity contribution in [3.63, 3.8) is 0 Å². The molecule has 0 bridgehead atoms. The minimum absolute atomic E-state index is 0.232. The quantitative estimate of drug-likeness (QED) is 0.579. The van der Waals surface area contributed by atoms with E-state index < -0.39 is 6.67 Å². The number of nitrogens with one attached hydrogen (secondary N) is 1. The van der Waals surface area contributed by atoms with Gasteiger partial charge in [0.15, 0.2) is 17.9 Å². The summed E-state index contributed by atoms with van der Waals surface area (Å²) >= 11 is 0. The Balaban J connectivity index is 1.66. The molecule has 0 radical (unpaired) electrons. The first-order valence-corrected chi connectivity index (χ1v) is 8.46. The number of hydrogen-bond donors (Lipinski definition) is 1. The largest absolute Gasteiger partial charge is 0.448 e. The molecule has 2 aromatic carbocycles. The molecule has 4 aromatic rings. The first-order chi connectivity index (χ1) is 13.2. The summed E-state index contributed by atoms with van der Waals surface area (Å²) in [7, 11) is 0. The standard InChI is InChI=1S/C20H17FN4O2/c1-13-18(22-12-27-13)20(26)23-19-16-4-2-3-5-17(16)25(24-19)11-15-8-6-14(10-21)7-9-15/h2-9,12H,10-11H2,1H3,(H,23,24,26). The van der Waals surface area contributed by atoms with Gasteiger partial charge in [0.1, 0.15) is 12.4 Å². The molecule has 27 heavy (non-hydrogen) atoms. The molecule has 136 valence electrons. The molecular weight excluding hydrogens is 347 g/mol. The topological polar surface area (TPSA) is 73.0 Å². The molecule has 2 heterocycles. The zero-order valence-electron chi connectivity index (χ0n) is 14.6. The highest BCUT2D eigenvalue weighted by Crippen LogP contribution is 2.24. The van der Waals surface area contributed by atoms with Crippen molar-refractivity contribution in [2.45, 2.75) is 20.1 Å². The predicted molar refractivity (Wildman–Crippen MR) is 99.3 cm³/mol. The third-order valence-corrected chi connectivity index (χ3v) is 4.36. The van der Waals surface area contributed by atoms with Crippen LogP contribution in [0.5, 0.6) is 0 Å². The summed E-state index contributed by atoms with van der Waals surface area (Å²) < 4.78 is 19.6. The summed E-state index contributed by atoms with van der Waals surface area (Å²) in [6, 6.07) is 14.9. The number of alkyl halides is 1. The van der Waals surface area contributed by atoms with Crippen LogP contribution >= 0.6 is 0 Å². The van der Waals surface area contributed by atoms with E-state index in [1.807, 2.05) is 41.1 Å². The molecule has 6 nitrogen and oxygen atoms in total. The minimum atomic E-state index is -0.484. The van der Waals surface area contributed by atoms with Crippen LogP contribution in [0.2, 0.25) is 0 Å². The molecule has 1 N–H and O–H groups in total. The highest BCUT2D eigenvalue weighted by atomic mass is 19.1. The average molecular weight is 364 g/mol. The van der Waals surface area contributed by atoms with Crippen molar-refractivity contribution < 1.29 is 13.6 Å². The van der Waals surface area contributed by atoms with Crippen molar-refractivity contribution in [1.29, 1.82) is 0 Å². The number of rotatable bonds is 5. The number of fused-ring (bicyclic) bond motifs is 1. The second-order valence-corrected chi connectivity index (χ2v) is 6.18. The first kappa shape index (κ1) is 17.0. The molecule has 1 amide bonds. The maximum Gasteiger partial charge on any atom is 0.279 e. The van der Waals surface area contributed by atoms with E-state index in [1.54, 1.807) is 19.1 Å². The number of benzene rings is 2. The first-order valence-electron chi connectivity index (χ1n) is 8.46. The zero-order chi connectivity index (χ0) is 18.8. The lowest BCUT2D eigenvalue weighted by Gasteiger charge is -2.04. The fraction of sp³-hybridized carbons (Fsp3) is 0.150. The molecule has 0 aliphatic heterocycles. The second kappa shape index (κ2) is 7.03. The van der Waals surface area contributed by atoms with Gasteiger partial charge in [-0.25, -0.2) is 9.37 Å². The average Bonchev–Trinajstić information content (AvgIpc) is 3.27. The van der Waals surface area contributed by atoms with Gasteiger partial charge in [-0.15, -0.1) is 0 Å². The SMILES string of the molecule is Cc1ocnc1C(=O)Nc1nn(Cc2ccc(CF)cc2)c2ccccc12. The van der Waals surface area contributed by atoms with Crippen LogP contribution < -0.4 is 5.32 Å². The van der Waals surface area contributed by atoms with Crippen molar-refractivity contribution in [2.24, 2.45) is 0 Å². The Morgan fingerprint density at radius 2 is 1.89 bits per heavy atom. The van der Waals surface area contributed by atoms with Crippen molar-refractivity contribution in [3.05, 3.63) is 77.5 Å². The lowest BCUT2D eigenvalue weighted by molar-refractivity contribution is 0.102. The van der Waals surface area contributed by atoms with Crippen LogP contribution in [-0.4, -0.2) is 20.7 Å². The molecule has 0 unspecified atom stereocenters. The van der Waals surface area contributed by atoms with Crippen LogP contribution in [0.4, 0.5) is 10.2 Å². The van der Waals surface area contributed by atoms with Crippen molar-refractivity contribution in [2.75, 3.05) is 5.32 Å². The summed E-state index contributed by atoms with van der Waals surface area (Å²) in [4.78, 5) is 16.4. The van der Waals surface area contributed by atoms with Gasteiger partial charge in [-0.1, -0.05) is 36.4 Å². The maximum absolute atomic E-state index is 12.7. The van der Waals surface area contributed by atoms with Crippen LogP contribution in [0, 0.1) is 6.92 Å². The Labute approximate surface area is 154 Å². The van der Waals surface area contributed by atoms with Gasteiger partial charge in [0, 0.05) is 5.39 Å². The van der Waals surface area contributed by atoms with E-state index in [1.165, 1.54) is 6.39 Å². The van der Waals surface area contributed by atoms with Crippen molar-refractivity contribution >= 4 is 22.6 Å². The number of nitrogens with zero attached hydrogens (tertiary/aromatic N) is 3. The summed E-state index contributed by atoms with van der Waals surface area (Å²) in [6.07, 6.45) is 1.24. The summed E-state index contributed by atoms with van der Waals surface area (Å²) in [6.45, 7) is 1.70. The fourth-order valence-electron chi connectivity index (χ4n) is 2.94. The van der Waals surface area contributed by atoms with Crippen LogP contribution in [0.3, 0.4) is 0 Å². The van der Waals surface area contributed by atoms with E-state index in [0.717, 1.165) is 16.5 Å². The Morgan fingerprint density at radius 3 is 2.59 bits per heavy atom. The van der Waals surface area contributed by atoms with Gasteiger partial charge in [-0.3, -0.25) is 9.48 Å². The molecule has 0 aliphatic carbocycles. The highest BCUT2D eigenvalue weighted by molar-refractivity contribution is 6.07. The number of halogens is 1. The number of carbonyl (C=O) groups is 1. The highest BCUT2D eigenvalue weighted by Gasteiger charge is 2.18. The number of oxazole rings is 1. The van der Waals surface area contributed by atoms with Crippen molar-refractivity contribution in [1.82, 2.24) is 14.8 Å². The number of carbonyl (C=O) groups excluding carboxylic acids is 1. The van der Waals surface area contributed by atoms with E-state index in [9.17, 15) is 9.18 Å². The summed E-state index contributed by atoms with van der Waals surface area (Å²) in [5.41, 5.74) is 2.75. The normalized spacial score (nSPS) is 11.0. The smallest absolute Gasteiger partial charge is 0.279 e. The predicted octanol–water partition coefficient (Wildman–Crippen LogP) is 4.10. The van der Waals surface area contributed by atoms with Crippen molar-refractivity contribution in [3.8, 4) is 0 Å². The Morgan fingerprint density at radius 1 is 1.15 bits per heavy atom. The van der Waals surface area contributed by atoms with Gasteiger partial charge in [-0.05, 0) is 30.2 Å². The Bertz CT molecular complexity index is 1100. The monoisotopic (exact) mass is 364 g/mol. The van der Waals surface area contributed by atoms with E-state index in [-0.39, 0.29) is 11.6 Å². The molecule has 0 fully saturated rings. The van der Waals surface area contributed by atoms with E-state index >= 15 is 0 Å². The summed E-state index contributed by atoms with van der Waals surface area (Å²) in [5.74, 6) is 0.534. The molecule has 0 saturated carbocycles. The van der Waals surface area contributed by atoms with Gasteiger partial charge in [-0.2, -0.15) is 5.10 Å². The molecular formula is C20H17FN4O2. The number of hydrogen-bond acceptors (Lipinski definition) is 4. The molecule has 0 spiro atoms. The maximum atomic E-state index is 12.7. The number of aryl methyl sites for hydroxylation is 1. The van der Waals surface area contributed by atoms with Gasteiger partial charge < -0.3 is 9.73 Å². The zero-order valence-corrected chi connectivity index (χ0v) is 14.6. The van der Waals surface area contributed by atoms with Gasteiger partial charge >= 0.3 is 0 Å². The second-order valence-electron chi connectivity index (χ2n) is 6.18. The van der Waals surface area contributed by atoms with E-state index in [0.29, 0.717) is 23.7 Å². The Hall–Kier alpha value is -3.48. The van der Waals surface area contributed by atoms with Gasteiger partial charge in [0.05, 0.1) is 12.1 Å². The molecule has 4 rings (SSSR count). The van der Waals surface area contributed by atoms with Gasteiger partial charge in [0.25, 0.3) is 5.91 Å². The van der Waals surface area contributed by atoms with Crippen LogP contribution in [0.1, 0.15) is 27.4 Å². The molecule has 0 saturated heterocycles. The minimum Gasteiger partial charge on any atom is -0.448 e. The van der Waals surface area contributed by atoms with E-state index in [4.69, 9.17) is 4.42 Å². The molecule has 2 aromatic heterocycles. The number of para-hydroxylation sites is 1. The third-order valence-electron chi connectivity index (χ3n) is 4.36. The molecule has 0 aliphatic rings. The fourth-order valence-corrected chi connectivity index (χ4v) is 2.94. The van der Waals surface area contributed by atoms with Gasteiger partial charge in [0.2, 0.25) is 0 Å². The van der Waals surface area contributed by atoms with Crippen LogP contribution in [0.25, 0.3) is 10.9 Å². The Kier molecular flexibility index (Phi) is 4.42. The lowest BCUT2D eigenvalue weighted by Crippen LogP contribution is -2.14. The summed E-state index contributed by atoms with van der Waals surface area (Å²) in [5, 5.41) is 8.19. The number of amides is 1. The van der Waals surface area contributed by atoms with Crippen LogP contribution in [-0.2, 0) is 13.2 Å². The molecule has 7 heteroatoms. The lowest BCUT2D eigenvalue weighted by atomic mass is 10.1. The van der Waals surface area contributed by atoms with Crippen LogP contribution in [0.15, 0.2) is 59.3 Å². The molecule has 0 atom stereocenters. The third kappa shape index (κ3) is 3.31.